The molecule has 8 aromatic carbocycles. The molecule has 4 nitrogen and oxygen atoms in total. The zero-order chi connectivity index (χ0) is 38.8. The summed E-state index contributed by atoms with van der Waals surface area (Å²) >= 11 is 0. The Morgan fingerprint density at radius 2 is 0.879 bits per heavy atom. The van der Waals surface area contributed by atoms with Crippen LogP contribution in [0.25, 0.3) is 101 Å². The van der Waals surface area contributed by atoms with E-state index in [-0.39, 0.29) is 5.41 Å². The number of nitrogens with zero attached hydrogens (tertiary/aromatic N) is 3. The summed E-state index contributed by atoms with van der Waals surface area (Å²) in [5, 5.41) is 2.23. The van der Waals surface area contributed by atoms with Crippen molar-refractivity contribution in [2.24, 2.45) is 0 Å². The number of benzene rings is 8. The lowest BCUT2D eigenvalue weighted by Gasteiger charge is -2.24. The van der Waals surface area contributed by atoms with Gasteiger partial charge in [0.2, 0.25) is 0 Å². The van der Waals surface area contributed by atoms with Gasteiger partial charge < -0.3 is 4.42 Å². The molecule has 0 fully saturated rings. The lowest BCUT2D eigenvalue weighted by atomic mass is 9.79. The van der Waals surface area contributed by atoms with Gasteiger partial charge in [-0.1, -0.05) is 172 Å². The highest BCUT2D eigenvalue weighted by Gasteiger charge is 2.37. The normalized spacial score (nSPS) is 12.8. The first-order valence-corrected chi connectivity index (χ1v) is 19.8. The van der Waals surface area contributed by atoms with E-state index in [1.165, 1.54) is 38.9 Å². The molecule has 0 aliphatic heterocycles. The Balaban J connectivity index is 1.01. The van der Waals surface area contributed by atoms with Gasteiger partial charge in [-0.3, -0.25) is 0 Å². The minimum absolute atomic E-state index is 0.135. The first kappa shape index (κ1) is 33.9. The van der Waals surface area contributed by atoms with E-state index in [0.29, 0.717) is 17.5 Å². The van der Waals surface area contributed by atoms with Crippen molar-refractivity contribution in [3.05, 3.63) is 199 Å². The van der Waals surface area contributed by atoms with Crippen molar-refractivity contribution in [3.8, 4) is 78.7 Å². The van der Waals surface area contributed by atoms with Crippen LogP contribution in [0.1, 0.15) is 25.0 Å². The summed E-state index contributed by atoms with van der Waals surface area (Å²) in [5.41, 5.74) is 16.5. The van der Waals surface area contributed by atoms with Gasteiger partial charge in [0.15, 0.2) is 17.5 Å². The summed E-state index contributed by atoms with van der Waals surface area (Å²) in [6, 6.07) is 66.0. The van der Waals surface area contributed by atoms with Crippen molar-refractivity contribution in [3.63, 3.8) is 0 Å². The van der Waals surface area contributed by atoms with E-state index >= 15 is 0 Å². The predicted molar refractivity (Wildman–Crippen MR) is 237 cm³/mol. The van der Waals surface area contributed by atoms with Crippen molar-refractivity contribution in [2.45, 2.75) is 19.3 Å². The summed E-state index contributed by atoms with van der Waals surface area (Å²) in [7, 11) is 0. The summed E-state index contributed by atoms with van der Waals surface area (Å²) in [6.07, 6.45) is 0. The molecule has 0 N–H and O–H groups in total. The molecule has 0 atom stereocenters. The van der Waals surface area contributed by atoms with Crippen LogP contribution in [0.5, 0.6) is 0 Å². The van der Waals surface area contributed by atoms with Crippen molar-refractivity contribution in [1.82, 2.24) is 15.0 Å². The molecule has 0 radical (unpaired) electrons. The summed E-state index contributed by atoms with van der Waals surface area (Å²) in [5.74, 6) is 1.88. The van der Waals surface area contributed by atoms with Gasteiger partial charge in [0.1, 0.15) is 11.2 Å². The zero-order valence-electron chi connectivity index (χ0n) is 32.1. The molecule has 58 heavy (non-hydrogen) atoms. The molecule has 274 valence electrons. The first-order valence-electron chi connectivity index (χ1n) is 19.8. The van der Waals surface area contributed by atoms with E-state index in [1.54, 1.807) is 0 Å². The van der Waals surface area contributed by atoms with Crippen LogP contribution in [0.4, 0.5) is 0 Å². The summed E-state index contributed by atoms with van der Waals surface area (Å²) in [4.78, 5) is 15.4. The second-order valence-corrected chi connectivity index (χ2v) is 15.6. The Bertz CT molecular complexity index is 3200. The maximum atomic E-state index is 6.48. The van der Waals surface area contributed by atoms with E-state index in [9.17, 15) is 0 Å². The van der Waals surface area contributed by atoms with Crippen molar-refractivity contribution in [2.75, 3.05) is 0 Å². The average Bonchev–Trinajstić information content (AvgIpc) is 3.78. The Hall–Kier alpha value is -7.43. The molecule has 0 amide bonds. The molecular formula is C54H37N3O. The molecule has 0 saturated carbocycles. The van der Waals surface area contributed by atoms with Gasteiger partial charge in [-0.2, -0.15) is 0 Å². The largest absolute Gasteiger partial charge is 0.456 e. The number of rotatable bonds is 6. The first-order chi connectivity index (χ1) is 28.5. The van der Waals surface area contributed by atoms with E-state index in [4.69, 9.17) is 19.4 Å². The molecule has 4 heteroatoms. The second-order valence-electron chi connectivity index (χ2n) is 15.6. The summed E-state index contributed by atoms with van der Waals surface area (Å²) < 4.78 is 6.48. The van der Waals surface area contributed by atoms with Crippen LogP contribution in [0.2, 0.25) is 0 Å². The van der Waals surface area contributed by atoms with Crippen LogP contribution < -0.4 is 0 Å². The maximum Gasteiger partial charge on any atom is 0.164 e. The fourth-order valence-corrected chi connectivity index (χ4v) is 8.97. The van der Waals surface area contributed by atoms with Gasteiger partial charge in [-0.15, -0.1) is 0 Å². The predicted octanol–water partition coefficient (Wildman–Crippen LogP) is 14.1. The number of furan rings is 1. The monoisotopic (exact) mass is 743 g/mol. The topological polar surface area (TPSA) is 51.8 Å². The van der Waals surface area contributed by atoms with Gasteiger partial charge in [0.25, 0.3) is 0 Å². The SMILES string of the molecule is CC1(C)c2ccccc2-c2cccc(-c3cccc(-c4nc(-c5ccccc5)nc(-c5cccc(-c6ccc7c(c6)oc6cccc(-c8ccccc8)c67)c5)n4)c3)c21. The molecule has 11 rings (SSSR count). The molecule has 2 heterocycles. The fourth-order valence-electron chi connectivity index (χ4n) is 8.97. The van der Waals surface area contributed by atoms with Crippen LogP contribution in [-0.4, -0.2) is 15.0 Å². The highest BCUT2D eigenvalue weighted by Crippen LogP contribution is 2.52. The minimum Gasteiger partial charge on any atom is -0.456 e. The van der Waals surface area contributed by atoms with Gasteiger partial charge >= 0.3 is 0 Å². The third-order valence-electron chi connectivity index (χ3n) is 11.7. The Labute approximate surface area is 337 Å². The van der Waals surface area contributed by atoms with Gasteiger partial charge in [0.05, 0.1) is 0 Å². The Kier molecular flexibility index (Phi) is 7.80. The quantitative estimate of drug-likeness (QED) is 0.170. The highest BCUT2D eigenvalue weighted by molar-refractivity contribution is 6.13. The smallest absolute Gasteiger partial charge is 0.164 e. The number of hydrogen-bond acceptors (Lipinski definition) is 4. The maximum absolute atomic E-state index is 6.48. The van der Waals surface area contributed by atoms with Gasteiger partial charge in [0, 0.05) is 32.9 Å². The zero-order valence-corrected chi connectivity index (χ0v) is 32.1. The standard InChI is InChI=1S/C54H37N3O/c1-54(2)46-27-10-9-23-43(46)44-26-13-25-42(50(44)54)38-20-12-22-40(32-38)53-56-51(35-17-7-4-8-18-35)55-52(57-53)39-21-11-19-36(31-39)37-29-30-45-48(33-37)58-47-28-14-24-41(49(45)47)34-15-5-3-6-16-34/h3-33H,1-2H3. The van der Waals surface area contributed by atoms with Crippen LogP contribution in [0, 0.1) is 0 Å². The molecule has 10 aromatic rings. The van der Waals surface area contributed by atoms with Crippen LogP contribution in [0.3, 0.4) is 0 Å². The third-order valence-corrected chi connectivity index (χ3v) is 11.7. The van der Waals surface area contributed by atoms with Crippen LogP contribution in [0.15, 0.2) is 192 Å². The molecule has 1 aliphatic carbocycles. The van der Waals surface area contributed by atoms with Gasteiger partial charge in [-0.05, 0) is 86.0 Å². The fraction of sp³-hybridized carbons (Fsp3) is 0.0556. The molecule has 1 aliphatic rings. The lowest BCUT2D eigenvalue weighted by molar-refractivity contribution is 0.662. The second kappa shape index (κ2) is 13.4. The molecule has 0 saturated heterocycles. The average molecular weight is 744 g/mol. The molecule has 2 aromatic heterocycles. The van der Waals surface area contributed by atoms with E-state index in [2.05, 4.69) is 172 Å². The molecule has 0 unspecified atom stereocenters. The molecule has 0 bridgehead atoms. The summed E-state index contributed by atoms with van der Waals surface area (Å²) in [6.45, 7) is 4.67. The number of hydrogen-bond donors (Lipinski definition) is 0. The van der Waals surface area contributed by atoms with E-state index < -0.39 is 0 Å². The van der Waals surface area contributed by atoms with Crippen LogP contribution in [-0.2, 0) is 5.41 Å². The van der Waals surface area contributed by atoms with Crippen molar-refractivity contribution in [1.29, 1.82) is 0 Å². The molecule has 0 spiro atoms. The van der Waals surface area contributed by atoms with E-state index in [1.807, 2.05) is 30.3 Å². The Morgan fingerprint density at radius 3 is 1.64 bits per heavy atom. The van der Waals surface area contributed by atoms with Crippen LogP contribution >= 0.6 is 0 Å². The lowest BCUT2D eigenvalue weighted by Crippen LogP contribution is -2.16. The van der Waals surface area contributed by atoms with E-state index in [0.717, 1.165) is 55.3 Å². The minimum atomic E-state index is -0.135. The van der Waals surface area contributed by atoms with Gasteiger partial charge in [-0.25, -0.2) is 15.0 Å². The number of fused-ring (bicyclic) bond motifs is 6. The molecular weight excluding hydrogens is 707 g/mol. The van der Waals surface area contributed by atoms with Crippen molar-refractivity contribution >= 4 is 21.9 Å². The van der Waals surface area contributed by atoms with Crippen molar-refractivity contribution < 1.29 is 4.42 Å². The number of aromatic nitrogens is 3. The Morgan fingerprint density at radius 1 is 0.362 bits per heavy atom. The third kappa shape index (κ3) is 5.56. The highest BCUT2D eigenvalue weighted by atomic mass is 16.3.